The van der Waals surface area contributed by atoms with Crippen LogP contribution in [0.1, 0.15) is 39.8 Å². The maximum absolute atomic E-state index is 12.7. The molecule has 0 aliphatic carbocycles. The number of aryl methyl sites for hydroxylation is 2. The average Bonchev–Trinajstić information content (AvgIpc) is 3.26. The Morgan fingerprint density at radius 1 is 0.917 bits per heavy atom. The van der Waals surface area contributed by atoms with Crippen LogP contribution in [0.4, 0.5) is 11.4 Å². The van der Waals surface area contributed by atoms with Crippen LogP contribution in [0.3, 0.4) is 0 Å². The van der Waals surface area contributed by atoms with Crippen LogP contribution in [0.15, 0.2) is 71.9 Å². The summed E-state index contributed by atoms with van der Waals surface area (Å²) in [4.78, 5) is 24.3. The van der Waals surface area contributed by atoms with E-state index in [-0.39, 0.29) is 17.4 Å². The van der Waals surface area contributed by atoms with Gasteiger partial charge in [0.1, 0.15) is 0 Å². The van der Waals surface area contributed by atoms with Gasteiger partial charge in [0, 0.05) is 16.9 Å². The highest BCUT2D eigenvalue weighted by Gasteiger charge is 2.18. The molecule has 0 saturated carbocycles. The number of Topliss-reactive ketones (excluding diaryl/α,β-unsaturated/α-hetero) is 1. The van der Waals surface area contributed by atoms with Crippen molar-refractivity contribution in [1.82, 2.24) is 14.8 Å². The van der Waals surface area contributed by atoms with E-state index in [1.165, 1.54) is 18.7 Å². The van der Waals surface area contributed by atoms with Gasteiger partial charge in [-0.15, -0.1) is 10.2 Å². The summed E-state index contributed by atoms with van der Waals surface area (Å²) in [6.45, 7) is 8.19. The summed E-state index contributed by atoms with van der Waals surface area (Å²) in [7, 11) is 0. The highest BCUT2D eigenvalue weighted by atomic mass is 32.2. The lowest BCUT2D eigenvalue weighted by atomic mass is 10.1. The molecule has 1 amide bonds. The van der Waals surface area contributed by atoms with Crippen molar-refractivity contribution >= 4 is 34.8 Å². The SMILES string of the molecule is CC(=O)c1cccc(NC(=O)CSc2nnc(CNc3ccccc3C)n2-c2cccc(C)c2C)c1. The van der Waals surface area contributed by atoms with Crippen molar-refractivity contribution in [3.63, 3.8) is 0 Å². The van der Waals surface area contributed by atoms with Gasteiger partial charge in [-0.25, -0.2) is 0 Å². The minimum atomic E-state index is -0.184. The largest absolute Gasteiger partial charge is 0.378 e. The zero-order valence-electron chi connectivity index (χ0n) is 20.8. The maximum Gasteiger partial charge on any atom is 0.234 e. The molecule has 0 aliphatic heterocycles. The predicted molar refractivity (Wildman–Crippen MR) is 145 cm³/mol. The summed E-state index contributed by atoms with van der Waals surface area (Å²) in [5.41, 5.74) is 6.61. The third kappa shape index (κ3) is 5.83. The molecule has 2 N–H and O–H groups in total. The highest BCUT2D eigenvalue weighted by Crippen LogP contribution is 2.27. The summed E-state index contributed by atoms with van der Waals surface area (Å²) >= 11 is 1.32. The predicted octanol–water partition coefficient (Wildman–Crippen LogP) is 5.74. The molecule has 0 atom stereocenters. The average molecular weight is 500 g/mol. The molecule has 4 rings (SSSR count). The second kappa shape index (κ2) is 11.2. The van der Waals surface area contributed by atoms with Gasteiger partial charge in [0.05, 0.1) is 18.0 Å². The first kappa shape index (κ1) is 25.2. The Morgan fingerprint density at radius 2 is 1.67 bits per heavy atom. The number of rotatable bonds is 9. The lowest BCUT2D eigenvalue weighted by Crippen LogP contribution is -2.15. The van der Waals surface area contributed by atoms with E-state index in [2.05, 4.69) is 53.7 Å². The maximum atomic E-state index is 12.7. The number of benzene rings is 3. The fourth-order valence-corrected chi connectivity index (χ4v) is 4.58. The molecule has 0 fully saturated rings. The first-order chi connectivity index (χ1) is 17.3. The molecule has 0 bridgehead atoms. The second-order valence-electron chi connectivity index (χ2n) is 8.60. The van der Waals surface area contributed by atoms with Crippen LogP contribution in [0.2, 0.25) is 0 Å². The van der Waals surface area contributed by atoms with Gasteiger partial charge in [-0.1, -0.05) is 54.2 Å². The lowest BCUT2D eigenvalue weighted by molar-refractivity contribution is -0.113. The molecule has 0 spiro atoms. The Morgan fingerprint density at radius 3 is 2.44 bits per heavy atom. The number of hydrogen-bond acceptors (Lipinski definition) is 6. The fourth-order valence-electron chi connectivity index (χ4n) is 3.82. The molecule has 0 radical (unpaired) electrons. The number of amides is 1. The molecule has 4 aromatic rings. The Balaban J connectivity index is 1.55. The van der Waals surface area contributed by atoms with Crippen LogP contribution in [0.25, 0.3) is 5.69 Å². The fraction of sp³-hybridized carbons (Fsp3) is 0.214. The minimum Gasteiger partial charge on any atom is -0.378 e. The Bertz CT molecular complexity index is 1410. The van der Waals surface area contributed by atoms with Crippen molar-refractivity contribution < 1.29 is 9.59 Å². The first-order valence-corrected chi connectivity index (χ1v) is 12.7. The standard InChI is InChI=1S/C28H29N5O2S/c1-18-10-7-14-25(20(18)3)33-26(16-29-24-13-6-5-9-19(24)2)31-32-28(33)36-17-27(35)30-23-12-8-11-22(15-23)21(4)34/h5-15,29H,16-17H2,1-4H3,(H,30,35). The van der Waals surface area contributed by atoms with E-state index in [1.807, 2.05) is 34.9 Å². The number of nitrogens with zero attached hydrogens (tertiary/aromatic N) is 3. The van der Waals surface area contributed by atoms with Gasteiger partial charge in [-0.05, 0) is 68.7 Å². The number of hydrogen-bond donors (Lipinski definition) is 2. The van der Waals surface area contributed by atoms with Crippen LogP contribution >= 0.6 is 11.8 Å². The van der Waals surface area contributed by atoms with E-state index < -0.39 is 0 Å². The van der Waals surface area contributed by atoms with Crippen LogP contribution < -0.4 is 10.6 Å². The van der Waals surface area contributed by atoms with Gasteiger partial charge in [-0.3, -0.25) is 14.2 Å². The van der Waals surface area contributed by atoms with Gasteiger partial charge in [-0.2, -0.15) is 0 Å². The summed E-state index contributed by atoms with van der Waals surface area (Å²) in [5, 5.41) is 15.8. The summed E-state index contributed by atoms with van der Waals surface area (Å²) in [6, 6.07) is 21.2. The van der Waals surface area contributed by atoms with E-state index in [0.717, 1.165) is 33.9 Å². The third-order valence-corrected chi connectivity index (χ3v) is 6.91. The molecular formula is C28H29N5O2S. The van der Waals surface area contributed by atoms with Crippen LogP contribution in [0, 0.1) is 20.8 Å². The zero-order valence-corrected chi connectivity index (χ0v) is 21.6. The lowest BCUT2D eigenvalue weighted by Gasteiger charge is -2.15. The van der Waals surface area contributed by atoms with E-state index in [1.54, 1.807) is 24.3 Å². The smallest absolute Gasteiger partial charge is 0.234 e. The van der Waals surface area contributed by atoms with E-state index in [9.17, 15) is 9.59 Å². The summed E-state index contributed by atoms with van der Waals surface area (Å²) in [5.74, 6) is 0.673. The summed E-state index contributed by atoms with van der Waals surface area (Å²) in [6.07, 6.45) is 0. The van der Waals surface area contributed by atoms with Crippen molar-refractivity contribution in [2.24, 2.45) is 0 Å². The zero-order chi connectivity index (χ0) is 25.7. The quantitative estimate of drug-likeness (QED) is 0.226. The Hall–Kier alpha value is -3.91. The van der Waals surface area contributed by atoms with Gasteiger partial charge in [0.15, 0.2) is 16.8 Å². The number of anilines is 2. The van der Waals surface area contributed by atoms with Crippen LogP contribution in [-0.4, -0.2) is 32.2 Å². The van der Waals surface area contributed by atoms with Gasteiger partial charge < -0.3 is 10.6 Å². The van der Waals surface area contributed by atoms with Crippen LogP contribution in [-0.2, 0) is 11.3 Å². The Labute approximate surface area is 215 Å². The third-order valence-electron chi connectivity index (χ3n) is 5.98. The Kier molecular flexibility index (Phi) is 7.85. The minimum absolute atomic E-state index is 0.0473. The second-order valence-corrected chi connectivity index (χ2v) is 9.54. The normalized spacial score (nSPS) is 10.8. The van der Waals surface area contributed by atoms with Crippen molar-refractivity contribution in [3.05, 3.63) is 94.8 Å². The molecule has 1 heterocycles. The number of carbonyl (C=O) groups excluding carboxylic acids is 2. The van der Waals surface area contributed by atoms with Crippen molar-refractivity contribution in [2.45, 2.75) is 39.4 Å². The topological polar surface area (TPSA) is 88.9 Å². The van der Waals surface area contributed by atoms with Crippen LogP contribution in [0.5, 0.6) is 0 Å². The molecule has 3 aromatic carbocycles. The molecule has 1 aromatic heterocycles. The molecule has 0 saturated heterocycles. The van der Waals surface area contributed by atoms with Gasteiger partial charge in [0.2, 0.25) is 5.91 Å². The van der Waals surface area contributed by atoms with E-state index in [4.69, 9.17) is 0 Å². The number of carbonyl (C=O) groups is 2. The number of ketones is 1. The molecule has 184 valence electrons. The molecular weight excluding hydrogens is 470 g/mol. The van der Waals surface area contributed by atoms with Crippen molar-refractivity contribution in [3.8, 4) is 5.69 Å². The number of thioether (sulfide) groups is 1. The summed E-state index contributed by atoms with van der Waals surface area (Å²) < 4.78 is 2.02. The van der Waals surface area contributed by atoms with Gasteiger partial charge in [0.25, 0.3) is 0 Å². The number of para-hydroxylation sites is 1. The monoisotopic (exact) mass is 499 g/mol. The van der Waals surface area contributed by atoms with E-state index >= 15 is 0 Å². The first-order valence-electron chi connectivity index (χ1n) is 11.7. The number of aromatic nitrogens is 3. The van der Waals surface area contributed by atoms with Crippen molar-refractivity contribution in [1.29, 1.82) is 0 Å². The molecule has 7 nitrogen and oxygen atoms in total. The molecule has 36 heavy (non-hydrogen) atoms. The van der Waals surface area contributed by atoms with Gasteiger partial charge >= 0.3 is 0 Å². The molecule has 0 unspecified atom stereocenters. The molecule has 0 aliphatic rings. The van der Waals surface area contributed by atoms with Crippen molar-refractivity contribution in [2.75, 3.05) is 16.4 Å². The van der Waals surface area contributed by atoms with E-state index in [0.29, 0.717) is 23.0 Å². The highest BCUT2D eigenvalue weighted by molar-refractivity contribution is 7.99. The molecule has 8 heteroatoms. The number of nitrogens with one attached hydrogen (secondary N) is 2.